The van der Waals surface area contributed by atoms with Crippen LogP contribution in [0, 0.1) is 11.3 Å². The number of esters is 1. The van der Waals surface area contributed by atoms with Crippen molar-refractivity contribution >= 4 is 17.6 Å². The molecule has 0 aromatic heterocycles. The number of hydrogen-bond donors (Lipinski definition) is 0. The molecule has 0 bridgehead atoms. The van der Waals surface area contributed by atoms with Crippen LogP contribution in [-0.2, 0) is 21.0 Å². The molecule has 0 spiro atoms. The normalized spacial score (nSPS) is 12.6. The van der Waals surface area contributed by atoms with Gasteiger partial charge in [0, 0.05) is 5.56 Å². The van der Waals surface area contributed by atoms with E-state index in [9.17, 15) is 10.1 Å². The summed E-state index contributed by atoms with van der Waals surface area (Å²) in [6.07, 6.45) is 0. The van der Waals surface area contributed by atoms with E-state index in [0.717, 1.165) is 16.7 Å². The summed E-state index contributed by atoms with van der Waals surface area (Å²) < 4.78 is 5.38. The van der Waals surface area contributed by atoms with Gasteiger partial charge in [0.2, 0.25) is 0 Å². The Hall–Kier alpha value is -3.09. The Morgan fingerprint density at radius 1 is 1.00 bits per heavy atom. The van der Waals surface area contributed by atoms with Gasteiger partial charge in [-0.15, -0.1) is 11.6 Å². The first-order valence-corrected chi connectivity index (χ1v) is 8.90. The number of alkyl halides is 1. The molecular weight excluding hydrogens is 358 g/mol. The molecule has 134 valence electrons. The SMILES string of the molecule is CC(Cl)(C(=O)OCc1ccccc1)c1ccc(-c2ccccc2)cc1C#N. The van der Waals surface area contributed by atoms with Gasteiger partial charge in [-0.1, -0.05) is 72.8 Å². The van der Waals surface area contributed by atoms with Crippen molar-refractivity contribution in [2.75, 3.05) is 0 Å². The summed E-state index contributed by atoms with van der Waals surface area (Å²) in [7, 11) is 0. The molecule has 0 heterocycles. The molecule has 0 amide bonds. The van der Waals surface area contributed by atoms with Gasteiger partial charge in [-0.3, -0.25) is 0 Å². The molecule has 27 heavy (non-hydrogen) atoms. The van der Waals surface area contributed by atoms with Crippen LogP contribution in [0.2, 0.25) is 0 Å². The van der Waals surface area contributed by atoms with Crippen molar-refractivity contribution in [2.24, 2.45) is 0 Å². The van der Waals surface area contributed by atoms with E-state index in [-0.39, 0.29) is 6.61 Å². The Balaban J connectivity index is 1.85. The van der Waals surface area contributed by atoms with Gasteiger partial charge in [-0.05, 0) is 29.7 Å². The lowest BCUT2D eigenvalue weighted by Crippen LogP contribution is -2.29. The number of carbonyl (C=O) groups is 1. The fourth-order valence-corrected chi connectivity index (χ4v) is 3.04. The zero-order valence-electron chi connectivity index (χ0n) is 14.9. The van der Waals surface area contributed by atoms with E-state index < -0.39 is 10.8 Å². The van der Waals surface area contributed by atoms with Crippen LogP contribution >= 0.6 is 11.6 Å². The third kappa shape index (κ3) is 4.19. The van der Waals surface area contributed by atoms with Gasteiger partial charge in [0.1, 0.15) is 6.61 Å². The monoisotopic (exact) mass is 375 g/mol. The lowest BCUT2D eigenvalue weighted by molar-refractivity contribution is -0.148. The average Bonchev–Trinajstić information content (AvgIpc) is 2.72. The van der Waals surface area contributed by atoms with E-state index in [0.29, 0.717) is 11.1 Å². The van der Waals surface area contributed by atoms with Gasteiger partial charge in [0.15, 0.2) is 4.87 Å². The molecular formula is C23H18ClNO2. The second kappa shape index (κ2) is 8.07. The van der Waals surface area contributed by atoms with Crippen LogP contribution in [0.5, 0.6) is 0 Å². The number of carbonyl (C=O) groups excluding carboxylic acids is 1. The summed E-state index contributed by atoms with van der Waals surface area (Å²) in [6.45, 7) is 1.69. The highest BCUT2D eigenvalue weighted by Gasteiger charge is 2.36. The van der Waals surface area contributed by atoms with Crippen molar-refractivity contribution < 1.29 is 9.53 Å². The van der Waals surface area contributed by atoms with Gasteiger partial charge < -0.3 is 4.74 Å². The number of hydrogen-bond acceptors (Lipinski definition) is 3. The van der Waals surface area contributed by atoms with Crippen molar-refractivity contribution in [3.05, 3.63) is 95.6 Å². The van der Waals surface area contributed by atoms with Crippen LogP contribution in [-0.4, -0.2) is 5.97 Å². The standard InChI is InChI=1S/C23H18ClNO2/c1-23(24,22(26)27-16-17-8-4-2-5-9-17)21-13-12-19(14-20(21)15-25)18-10-6-3-7-11-18/h2-14H,16H2,1H3. The zero-order valence-corrected chi connectivity index (χ0v) is 15.6. The van der Waals surface area contributed by atoms with E-state index in [1.54, 1.807) is 19.1 Å². The Kier molecular flexibility index (Phi) is 5.59. The zero-order chi connectivity index (χ0) is 19.3. The van der Waals surface area contributed by atoms with E-state index in [4.69, 9.17) is 16.3 Å². The van der Waals surface area contributed by atoms with Crippen LogP contribution in [0.25, 0.3) is 11.1 Å². The molecule has 0 aliphatic rings. The molecule has 3 nitrogen and oxygen atoms in total. The van der Waals surface area contributed by atoms with Crippen LogP contribution < -0.4 is 0 Å². The van der Waals surface area contributed by atoms with Crippen molar-refractivity contribution in [1.82, 2.24) is 0 Å². The molecule has 0 N–H and O–H groups in total. The van der Waals surface area contributed by atoms with Crippen molar-refractivity contribution in [1.29, 1.82) is 5.26 Å². The Morgan fingerprint density at radius 3 is 2.26 bits per heavy atom. The molecule has 3 aromatic carbocycles. The maximum Gasteiger partial charge on any atom is 0.331 e. The quantitative estimate of drug-likeness (QED) is 0.441. The summed E-state index contributed by atoms with van der Waals surface area (Å²) >= 11 is 6.53. The van der Waals surface area contributed by atoms with Crippen molar-refractivity contribution in [3.63, 3.8) is 0 Å². The summed E-state index contributed by atoms with van der Waals surface area (Å²) in [5.41, 5.74) is 3.54. The van der Waals surface area contributed by atoms with Crippen molar-refractivity contribution in [3.8, 4) is 17.2 Å². The molecule has 0 fully saturated rings. The number of benzene rings is 3. The van der Waals surface area contributed by atoms with Crippen LogP contribution in [0.4, 0.5) is 0 Å². The highest BCUT2D eigenvalue weighted by molar-refractivity contribution is 6.33. The highest BCUT2D eigenvalue weighted by atomic mass is 35.5. The predicted molar refractivity (Wildman–Crippen MR) is 106 cm³/mol. The average molecular weight is 376 g/mol. The minimum Gasteiger partial charge on any atom is -0.459 e. The summed E-state index contributed by atoms with van der Waals surface area (Å²) in [5, 5.41) is 9.58. The third-order valence-corrected chi connectivity index (χ3v) is 4.71. The maximum absolute atomic E-state index is 12.6. The Morgan fingerprint density at radius 2 is 1.63 bits per heavy atom. The first-order chi connectivity index (χ1) is 13.0. The molecule has 4 heteroatoms. The number of nitriles is 1. The molecule has 0 saturated carbocycles. The van der Waals surface area contributed by atoms with Gasteiger partial charge in [-0.2, -0.15) is 5.26 Å². The first kappa shape index (κ1) is 18.7. The van der Waals surface area contributed by atoms with E-state index in [1.165, 1.54) is 0 Å². The summed E-state index contributed by atoms with van der Waals surface area (Å²) in [6, 6.07) is 26.6. The van der Waals surface area contributed by atoms with Gasteiger partial charge >= 0.3 is 5.97 Å². The van der Waals surface area contributed by atoms with E-state index in [1.807, 2.05) is 66.7 Å². The smallest absolute Gasteiger partial charge is 0.331 e. The van der Waals surface area contributed by atoms with Crippen molar-refractivity contribution in [2.45, 2.75) is 18.4 Å². The predicted octanol–water partition coefficient (Wildman–Crippen LogP) is 5.42. The fourth-order valence-electron chi connectivity index (χ4n) is 2.82. The molecule has 0 radical (unpaired) electrons. The Labute approximate surface area is 163 Å². The number of nitrogens with zero attached hydrogens (tertiary/aromatic N) is 1. The second-order valence-electron chi connectivity index (χ2n) is 6.30. The molecule has 0 saturated heterocycles. The maximum atomic E-state index is 12.6. The molecule has 0 aliphatic carbocycles. The van der Waals surface area contributed by atoms with Gasteiger partial charge in [0.25, 0.3) is 0 Å². The number of ether oxygens (including phenoxy) is 1. The Bertz CT molecular complexity index is 976. The number of halogens is 1. The lowest BCUT2D eigenvalue weighted by atomic mass is 9.92. The largest absolute Gasteiger partial charge is 0.459 e. The fraction of sp³-hybridized carbons (Fsp3) is 0.130. The number of rotatable bonds is 5. The third-order valence-electron chi connectivity index (χ3n) is 4.35. The summed E-state index contributed by atoms with van der Waals surface area (Å²) in [5.74, 6) is -0.586. The van der Waals surface area contributed by atoms with E-state index >= 15 is 0 Å². The highest BCUT2D eigenvalue weighted by Crippen LogP contribution is 2.35. The van der Waals surface area contributed by atoms with Crippen LogP contribution in [0.1, 0.15) is 23.6 Å². The molecule has 1 atom stereocenters. The molecule has 0 aliphatic heterocycles. The minimum absolute atomic E-state index is 0.131. The van der Waals surface area contributed by atoms with Crippen LogP contribution in [0.15, 0.2) is 78.9 Å². The van der Waals surface area contributed by atoms with Gasteiger partial charge in [-0.25, -0.2) is 4.79 Å². The lowest BCUT2D eigenvalue weighted by Gasteiger charge is -2.22. The minimum atomic E-state index is -1.45. The molecule has 3 rings (SSSR count). The van der Waals surface area contributed by atoms with Crippen LogP contribution in [0.3, 0.4) is 0 Å². The summed E-state index contributed by atoms with van der Waals surface area (Å²) in [4.78, 5) is 11.1. The molecule has 3 aromatic rings. The molecule has 1 unspecified atom stereocenters. The topological polar surface area (TPSA) is 50.1 Å². The second-order valence-corrected chi connectivity index (χ2v) is 7.06. The van der Waals surface area contributed by atoms with E-state index in [2.05, 4.69) is 6.07 Å². The van der Waals surface area contributed by atoms with Gasteiger partial charge in [0.05, 0.1) is 11.6 Å². The first-order valence-electron chi connectivity index (χ1n) is 8.52.